The van der Waals surface area contributed by atoms with Crippen molar-refractivity contribution < 1.29 is 39.9 Å². The number of carbonyl (C=O) groups is 1. The molecule has 0 saturated carbocycles. The number of anilines is 2. The van der Waals surface area contributed by atoms with E-state index < -0.39 is 79.3 Å². The van der Waals surface area contributed by atoms with Crippen molar-refractivity contribution in [2.75, 3.05) is 9.62 Å². The summed E-state index contributed by atoms with van der Waals surface area (Å²) >= 11 is 0.920. The first-order chi connectivity index (χ1) is 17.1. The van der Waals surface area contributed by atoms with Crippen LogP contribution in [-0.4, -0.2) is 25.1 Å². The molecule has 3 N–H and O–H groups in total. The average Bonchev–Trinajstić information content (AvgIpc) is 3.25. The Kier molecular flexibility index (Phi) is 8.09. The van der Waals surface area contributed by atoms with Crippen molar-refractivity contribution in [2.45, 2.75) is 43.9 Å². The van der Waals surface area contributed by atoms with E-state index in [2.05, 4.69) is 10.3 Å². The van der Waals surface area contributed by atoms with Crippen LogP contribution < -0.4 is 15.4 Å². The molecule has 0 bridgehead atoms. The summed E-state index contributed by atoms with van der Waals surface area (Å²) in [5, 5.41) is 3.50. The fourth-order valence-corrected chi connectivity index (χ4v) is 5.06. The lowest BCUT2D eigenvalue weighted by atomic mass is 10.1. The van der Waals surface area contributed by atoms with Crippen molar-refractivity contribution in [3.63, 3.8) is 0 Å². The summed E-state index contributed by atoms with van der Waals surface area (Å²) in [4.78, 5) is 15.0. The van der Waals surface area contributed by atoms with Gasteiger partial charge < -0.3 is 15.8 Å². The maximum absolute atomic E-state index is 15.0. The highest BCUT2D eigenvalue weighted by molar-refractivity contribution is 7.93. The molecule has 0 aliphatic heterocycles. The predicted molar refractivity (Wildman–Crippen MR) is 126 cm³/mol. The molecule has 0 aliphatic carbocycles. The van der Waals surface area contributed by atoms with Crippen molar-refractivity contribution in [3.8, 4) is 0 Å². The van der Waals surface area contributed by atoms with Gasteiger partial charge in [-0.15, -0.1) is 15.6 Å². The molecule has 8 nitrogen and oxygen atoms in total. The number of carbonyl (C=O) groups excluding carboxylic acids is 1. The Morgan fingerprint density at radius 1 is 1.11 bits per heavy atom. The molecule has 0 aliphatic rings. The number of thiazole rings is 1. The molecule has 1 atom stereocenters. The number of ether oxygens (including phenoxy) is 1. The van der Waals surface area contributed by atoms with Crippen LogP contribution in [0.3, 0.4) is 0 Å². The molecule has 0 saturated heterocycles. The molecular weight excluding hydrogens is 543 g/mol. The number of nitrogens with two attached hydrogens (primary N) is 1. The fraction of sp³-hybridized carbons (Fsp3) is 0.273. The van der Waals surface area contributed by atoms with E-state index >= 15 is 8.78 Å². The third-order valence-electron chi connectivity index (χ3n) is 4.61. The van der Waals surface area contributed by atoms with Gasteiger partial charge in [-0.1, -0.05) is 6.07 Å². The molecule has 3 rings (SSSR count). The summed E-state index contributed by atoms with van der Waals surface area (Å²) in [5.74, 6) is -4.65. The van der Waals surface area contributed by atoms with E-state index in [1.54, 1.807) is 0 Å². The molecule has 200 valence electrons. The number of alkyl halides is 2. The predicted octanol–water partition coefficient (Wildman–Crippen LogP) is 5.70. The number of nitrogens with zero attached hydrogens (tertiary/aromatic N) is 2. The topological polar surface area (TPSA) is 115 Å². The number of aromatic nitrogens is 1. The second-order valence-electron chi connectivity index (χ2n) is 8.57. The first-order valence-corrected chi connectivity index (χ1v) is 12.7. The smallest absolute Gasteiger partial charge is 0.430 e. The van der Waals surface area contributed by atoms with E-state index in [1.165, 1.54) is 26.3 Å². The number of rotatable bonds is 7. The quantitative estimate of drug-likeness (QED) is 0.280. The molecule has 0 radical (unpaired) electrons. The number of amides is 1. The number of nitrogens with one attached hydrogen (secondary N) is 1. The van der Waals surface area contributed by atoms with Gasteiger partial charge in [-0.2, -0.15) is 0 Å². The van der Waals surface area contributed by atoms with E-state index in [4.69, 9.17) is 10.5 Å². The van der Waals surface area contributed by atoms with E-state index in [0.717, 1.165) is 34.9 Å². The van der Waals surface area contributed by atoms with Gasteiger partial charge >= 0.3 is 6.09 Å². The van der Waals surface area contributed by atoms with E-state index in [1.807, 2.05) is 0 Å². The van der Waals surface area contributed by atoms with Gasteiger partial charge in [-0.3, -0.25) is 0 Å². The standard InChI is InChI=1S/C22H21F5N4O4S2/c1-22(2,3)35-21(32)31(17-9-36-10-29-17)37(33,34)18-15(24)7-12(8-16(18)25)30-20(28)13-6-11(19(26)27)4-5-14(13)23/h4-10,19-20,30H,28H2,1-3H3/t20-/m1/s1. The van der Waals surface area contributed by atoms with E-state index in [9.17, 15) is 26.4 Å². The molecule has 1 aromatic heterocycles. The van der Waals surface area contributed by atoms with Crippen LogP contribution in [0.15, 0.2) is 46.1 Å². The number of halogens is 5. The zero-order valence-electron chi connectivity index (χ0n) is 19.5. The van der Waals surface area contributed by atoms with Crippen LogP contribution in [0.2, 0.25) is 0 Å². The lowest BCUT2D eigenvalue weighted by Crippen LogP contribution is -2.41. The molecule has 37 heavy (non-hydrogen) atoms. The van der Waals surface area contributed by atoms with Gasteiger partial charge in [0.05, 0.1) is 5.51 Å². The van der Waals surface area contributed by atoms with Gasteiger partial charge in [-0.05, 0) is 45.0 Å². The van der Waals surface area contributed by atoms with Crippen LogP contribution >= 0.6 is 11.3 Å². The van der Waals surface area contributed by atoms with E-state index in [-0.39, 0.29) is 4.31 Å². The molecule has 1 amide bonds. The summed E-state index contributed by atoms with van der Waals surface area (Å²) in [6.07, 6.45) is -5.90. The minimum Gasteiger partial charge on any atom is -0.443 e. The van der Waals surface area contributed by atoms with Crippen LogP contribution in [-0.2, 0) is 14.8 Å². The second kappa shape index (κ2) is 10.6. The third-order valence-corrected chi connectivity index (χ3v) is 6.91. The van der Waals surface area contributed by atoms with Gasteiger partial charge in [0.1, 0.15) is 29.2 Å². The van der Waals surface area contributed by atoms with Crippen LogP contribution in [0, 0.1) is 17.5 Å². The maximum atomic E-state index is 15.0. The van der Waals surface area contributed by atoms with Gasteiger partial charge in [0, 0.05) is 22.2 Å². The van der Waals surface area contributed by atoms with Crippen molar-refractivity contribution in [3.05, 3.63) is 69.8 Å². The number of hydrogen-bond donors (Lipinski definition) is 2. The zero-order chi connectivity index (χ0) is 27.7. The van der Waals surface area contributed by atoms with Gasteiger partial charge in [0.2, 0.25) is 0 Å². The van der Waals surface area contributed by atoms with Crippen molar-refractivity contribution in [2.24, 2.45) is 5.73 Å². The molecule has 15 heteroatoms. The summed E-state index contributed by atoms with van der Waals surface area (Å²) in [5.41, 5.74) is 4.46. The Morgan fingerprint density at radius 2 is 1.73 bits per heavy atom. The first-order valence-electron chi connectivity index (χ1n) is 10.4. The number of sulfonamides is 1. The summed E-state index contributed by atoms with van der Waals surface area (Å²) in [7, 11) is -5.23. The van der Waals surface area contributed by atoms with Gasteiger partial charge in [0.25, 0.3) is 16.4 Å². The van der Waals surface area contributed by atoms with Crippen molar-refractivity contribution >= 4 is 39.0 Å². The molecule has 0 fully saturated rings. The van der Waals surface area contributed by atoms with Gasteiger partial charge in [-0.25, -0.2) is 40.1 Å². The third kappa shape index (κ3) is 6.34. The molecule has 2 aromatic carbocycles. The van der Waals surface area contributed by atoms with Crippen molar-refractivity contribution in [1.29, 1.82) is 0 Å². The maximum Gasteiger partial charge on any atom is 0.430 e. The Labute approximate surface area is 212 Å². The Morgan fingerprint density at radius 3 is 2.24 bits per heavy atom. The van der Waals surface area contributed by atoms with Crippen molar-refractivity contribution in [1.82, 2.24) is 4.98 Å². The second-order valence-corrected chi connectivity index (χ2v) is 11.0. The minimum absolute atomic E-state index is 0.0281. The fourth-order valence-electron chi connectivity index (χ4n) is 3.10. The normalized spacial score (nSPS) is 12.9. The SMILES string of the molecule is CC(C)(C)OC(=O)N(c1cscn1)S(=O)(=O)c1c(F)cc(N[C@@H](N)c2cc(C(F)F)ccc2F)cc1F. The highest BCUT2D eigenvalue weighted by Crippen LogP contribution is 2.32. The number of hydrogen-bond acceptors (Lipinski definition) is 8. The van der Waals surface area contributed by atoms with Crippen LogP contribution in [0.4, 0.5) is 38.3 Å². The monoisotopic (exact) mass is 564 g/mol. The lowest BCUT2D eigenvalue weighted by Gasteiger charge is -2.26. The minimum atomic E-state index is -5.23. The van der Waals surface area contributed by atoms with Crippen LogP contribution in [0.25, 0.3) is 0 Å². The molecule has 1 heterocycles. The molecule has 3 aromatic rings. The zero-order valence-corrected chi connectivity index (χ0v) is 21.1. The van der Waals surface area contributed by atoms with E-state index in [0.29, 0.717) is 12.1 Å². The summed E-state index contributed by atoms with van der Waals surface area (Å²) in [6, 6.07) is 3.49. The largest absolute Gasteiger partial charge is 0.443 e. The Hall–Kier alpha value is -3.30. The van der Waals surface area contributed by atoms with Crippen LogP contribution in [0.1, 0.15) is 44.5 Å². The Bertz CT molecular complexity index is 1370. The van der Waals surface area contributed by atoms with Gasteiger partial charge in [0.15, 0.2) is 10.7 Å². The number of benzene rings is 2. The highest BCUT2D eigenvalue weighted by Gasteiger charge is 2.39. The molecular formula is C22H21F5N4O4S2. The Balaban J connectivity index is 1.99. The first kappa shape index (κ1) is 28.3. The average molecular weight is 565 g/mol. The molecule has 0 spiro atoms. The highest BCUT2D eigenvalue weighted by atomic mass is 32.2. The van der Waals surface area contributed by atoms with Crippen LogP contribution in [0.5, 0.6) is 0 Å². The summed E-state index contributed by atoms with van der Waals surface area (Å²) < 4.78 is 102. The lowest BCUT2D eigenvalue weighted by molar-refractivity contribution is 0.0608. The summed E-state index contributed by atoms with van der Waals surface area (Å²) in [6.45, 7) is 4.38. The molecule has 0 unspecified atom stereocenters.